The Balaban J connectivity index is 1.46. The number of ether oxygens (including phenoxy) is 1. The molecule has 0 bridgehead atoms. The normalized spacial score (nSPS) is 22.0. The lowest BCUT2D eigenvalue weighted by Gasteiger charge is -2.37. The number of halogens is 1. The average molecular weight is 340 g/mol. The minimum absolute atomic E-state index is 0.322. The van der Waals surface area contributed by atoms with Crippen molar-refractivity contribution in [1.29, 1.82) is 0 Å². The zero-order chi connectivity index (χ0) is 15.4. The predicted octanol–water partition coefficient (Wildman–Crippen LogP) is 2.52. The van der Waals surface area contributed by atoms with Gasteiger partial charge in [-0.25, -0.2) is 0 Å². The molecule has 6 heteroatoms. The molecule has 22 heavy (non-hydrogen) atoms. The van der Waals surface area contributed by atoms with Crippen molar-refractivity contribution in [2.75, 3.05) is 44.2 Å². The fourth-order valence-corrected chi connectivity index (χ4v) is 3.50. The molecular formula is C16H22ClN3OS. The maximum Gasteiger partial charge on any atom is 0.169 e. The van der Waals surface area contributed by atoms with Gasteiger partial charge in [-0.15, -0.1) is 0 Å². The Kier molecular flexibility index (Phi) is 5.39. The summed E-state index contributed by atoms with van der Waals surface area (Å²) in [5, 5.41) is 5.00. The van der Waals surface area contributed by atoms with E-state index in [0.717, 1.165) is 68.0 Å². The lowest BCUT2D eigenvalue weighted by Crippen LogP contribution is -2.52. The highest BCUT2D eigenvalue weighted by molar-refractivity contribution is 7.80. The van der Waals surface area contributed by atoms with E-state index < -0.39 is 0 Å². The molecule has 2 saturated heterocycles. The second-order valence-electron chi connectivity index (χ2n) is 5.75. The highest BCUT2D eigenvalue weighted by atomic mass is 35.5. The quantitative estimate of drug-likeness (QED) is 0.854. The maximum atomic E-state index is 6.27. The standard InChI is InChI=1S/C16H22ClN3OS/c17-14-5-1-2-6-15(14)19-7-9-20(10-8-19)16(22)18-12-13-4-3-11-21-13/h1-2,5-6,13H,3-4,7-12H2,(H,18,22)/t13-/m0/s1. The molecule has 1 aromatic carbocycles. The van der Waals surface area contributed by atoms with Crippen LogP contribution in [0, 0.1) is 0 Å². The van der Waals surface area contributed by atoms with Gasteiger partial charge in [-0.3, -0.25) is 0 Å². The van der Waals surface area contributed by atoms with Crippen LogP contribution in [0.5, 0.6) is 0 Å². The van der Waals surface area contributed by atoms with E-state index in [-0.39, 0.29) is 0 Å². The van der Waals surface area contributed by atoms with E-state index in [2.05, 4.69) is 21.2 Å². The zero-order valence-electron chi connectivity index (χ0n) is 12.6. The molecule has 1 atom stereocenters. The first-order valence-electron chi connectivity index (χ1n) is 7.88. The minimum atomic E-state index is 0.322. The molecule has 0 unspecified atom stereocenters. The summed E-state index contributed by atoms with van der Waals surface area (Å²) in [5.74, 6) is 0. The molecule has 3 rings (SSSR count). The van der Waals surface area contributed by atoms with Gasteiger partial charge in [-0.1, -0.05) is 23.7 Å². The van der Waals surface area contributed by atoms with Crippen LogP contribution >= 0.6 is 23.8 Å². The van der Waals surface area contributed by atoms with Crippen molar-refractivity contribution in [2.24, 2.45) is 0 Å². The first-order valence-corrected chi connectivity index (χ1v) is 8.66. The van der Waals surface area contributed by atoms with Crippen LogP contribution in [0.1, 0.15) is 12.8 Å². The first kappa shape index (κ1) is 15.8. The van der Waals surface area contributed by atoms with E-state index in [9.17, 15) is 0 Å². The molecule has 2 heterocycles. The lowest BCUT2D eigenvalue weighted by molar-refractivity contribution is 0.113. The highest BCUT2D eigenvalue weighted by Gasteiger charge is 2.21. The van der Waals surface area contributed by atoms with Crippen molar-refractivity contribution in [1.82, 2.24) is 10.2 Å². The number of anilines is 1. The summed E-state index contributed by atoms with van der Waals surface area (Å²) in [4.78, 5) is 4.55. The predicted molar refractivity (Wildman–Crippen MR) is 94.8 cm³/mol. The molecule has 2 aliphatic heterocycles. The third-order valence-electron chi connectivity index (χ3n) is 4.26. The molecule has 2 aliphatic rings. The summed E-state index contributed by atoms with van der Waals surface area (Å²) in [6.07, 6.45) is 2.62. The van der Waals surface area contributed by atoms with Gasteiger partial charge in [-0.05, 0) is 37.2 Å². The van der Waals surface area contributed by atoms with Crippen LogP contribution in [0.4, 0.5) is 5.69 Å². The van der Waals surface area contributed by atoms with Gasteiger partial charge in [0.25, 0.3) is 0 Å². The maximum absolute atomic E-state index is 6.27. The van der Waals surface area contributed by atoms with E-state index in [1.54, 1.807) is 0 Å². The molecule has 4 nitrogen and oxygen atoms in total. The largest absolute Gasteiger partial charge is 0.376 e. The molecule has 0 aromatic heterocycles. The smallest absolute Gasteiger partial charge is 0.169 e. The van der Waals surface area contributed by atoms with E-state index in [0.29, 0.717) is 6.10 Å². The summed E-state index contributed by atoms with van der Waals surface area (Å²) in [7, 11) is 0. The molecule has 1 aromatic rings. The molecule has 0 aliphatic carbocycles. The van der Waals surface area contributed by atoms with Gasteiger partial charge < -0.3 is 19.9 Å². The van der Waals surface area contributed by atoms with E-state index in [1.165, 1.54) is 0 Å². The topological polar surface area (TPSA) is 27.7 Å². The van der Waals surface area contributed by atoms with E-state index >= 15 is 0 Å². The highest BCUT2D eigenvalue weighted by Crippen LogP contribution is 2.26. The van der Waals surface area contributed by atoms with Crippen LogP contribution in [0.3, 0.4) is 0 Å². The third kappa shape index (κ3) is 3.83. The van der Waals surface area contributed by atoms with Crippen LogP contribution in [0.2, 0.25) is 5.02 Å². The van der Waals surface area contributed by atoms with E-state index in [1.807, 2.05) is 18.2 Å². The fraction of sp³-hybridized carbons (Fsp3) is 0.562. The molecule has 0 radical (unpaired) electrons. The van der Waals surface area contributed by atoms with Crippen LogP contribution in [-0.4, -0.2) is 55.4 Å². The summed E-state index contributed by atoms with van der Waals surface area (Å²) >= 11 is 11.8. The first-order chi connectivity index (χ1) is 10.7. The number of hydrogen-bond donors (Lipinski definition) is 1. The second kappa shape index (κ2) is 7.49. The van der Waals surface area contributed by atoms with Gasteiger partial charge in [0.1, 0.15) is 0 Å². The van der Waals surface area contributed by atoms with Gasteiger partial charge in [0, 0.05) is 39.3 Å². The number of nitrogens with one attached hydrogen (secondary N) is 1. The van der Waals surface area contributed by atoms with E-state index in [4.69, 9.17) is 28.6 Å². The molecule has 1 N–H and O–H groups in total. The summed E-state index contributed by atoms with van der Waals surface area (Å²) in [5.41, 5.74) is 1.11. The van der Waals surface area contributed by atoms with Crippen molar-refractivity contribution in [3.8, 4) is 0 Å². The molecule has 0 amide bonds. The number of rotatable bonds is 3. The van der Waals surface area contributed by atoms with Crippen molar-refractivity contribution >= 4 is 34.6 Å². The van der Waals surface area contributed by atoms with Crippen molar-refractivity contribution in [2.45, 2.75) is 18.9 Å². The molecule has 2 fully saturated rings. The number of nitrogens with zero attached hydrogens (tertiary/aromatic N) is 2. The average Bonchev–Trinajstić information content (AvgIpc) is 3.07. The SMILES string of the molecule is S=C(NC[C@@H]1CCCO1)N1CCN(c2ccccc2Cl)CC1. The number of para-hydroxylation sites is 1. The Morgan fingerprint density at radius 1 is 1.27 bits per heavy atom. The Morgan fingerprint density at radius 3 is 2.73 bits per heavy atom. The summed E-state index contributed by atoms with van der Waals surface area (Å²) in [6, 6.07) is 8.01. The number of hydrogen-bond acceptors (Lipinski definition) is 3. The summed E-state index contributed by atoms with van der Waals surface area (Å²) < 4.78 is 5.62. The van der Waals surface area contributed by atoms with Gasteiger partial charge in [-0.2, -0.15) is 0 Å². The Hall–Kier alpha value is -1.04. The molecule has 0 spiro atoms. The van der Waals surface area contributed by atoms with Crippen LogP contribution in [-0.2, 0) is 4.74 Å². The Morgan fingerprint density at radius 2 is 2.05 bits per heavy atom. The molecular weight excluding hydrogens is 318 g/mol. The Labute approximate surface area is 142 Å². The van der Waals surface area contributed by atoms with Crippen molar-refractivity contribution < 1.29 is 4.74 Å². The molecule has 120 valence electrons. The Bertz CT molecular complexity index is 514. The third-order valence-corrected chi connectivity index (χ3v) is 4.99. The minimum Gasteiger partial charge on any atom is -0.376 e. The molecule has 0 saturated carbocycles. The van der Waals surface area contributed by atoms with Crippen molar-refractivity contribution in [3.63, 3.8) is 0 Å². The summed E-state index contributed by atoms with van der Waals surface area (Å²) in [6.45, 7) is 5.42. The number of piperazine rings is 1. The lowest BCUT2D eigenvalue weighted by atomic mass is 10.2. The number of benzene rings is 1. The van der Waals surface area contributed by atoms with Crippen LogP contribution < -0.4 is 10.2 Å². The zero-order valence-corrected chi connectivity index (χ0v) is 14.2. The van der Waals surface area contributed by atoms with Gasteiger partial charge in [0.15, 0.2) is 5.11 Å². The van der Waals surface area contributed by atoms with Gasteiger partial charge >= 0.3 is 0 Å². The van der Waals surface area contributed by atoms with Crippen LogP contribution in [0.15, 0.2) is 24.3 Å². The second-order valence-corrected chi connectivity index (χ2v) is 6.54. The van der Waals surface area contributed by atoms with Gasteiger partial charge in [0.2, 0.25) is 0 Å². The van der Waals surface area contributed by atoms with Crippen molar-refractivity contribution in [3.05, 3.63) is 29.3 Å². The monoisotopic (exact) mass is 339 g/mol. The van der Waals surface area contributed by atoms with Crippen LogP contribution in [0.25, 0.3) is 0 Å². The number of thiocarbonyl (C=S) groups is 1. The van der Waals surface area contributed by atoms with Gasteiger partial charge in [0.05, 0.1) is 16.8 Å². The fourth-order valence-electron chi connectivity index (χ4n) is 2.98.